The van der Waals surface area contributed by atoms with Crippen LogP contribution in [0.15, 0.2) is 78.9 Å². The van der Waals surface area contributed by atoms with Crippen LogP contribution in [-0.2, 0) is 26.3 Å². The van der Waals surface area contributed by atoms with Crippen LogP contribution in [0, 0.1) is 5.41 Å². The van der Waals surface area contributed by atoms with E-state index in [0.29, 0.717) is 29.7 Å². The van der Waals surface area contributed by atoms with Crippen molar-refractivity contribution < 1.29 is 22.7 Å². The highest BCUT2D eigenvalue weighted by Crippen LogP contribution is 2.31. The number of nitrogens with one attached hydrogen (secondary N) is 3. The van der Waals surface area contributed by atoms with Crippen LogP contribution < -0.4 is 25.6 Å². The fraction of sp³-hybridized carbons (Fsp3) is 0.276. The van der Waals surface area contributed by atoms with Crippen LogP contribution in [0.5, 0.6) is 5.75 Å². The fourth-order valence-electron chi connectivity index (χ4n) is 5.18. The van der Waals surface area contributed by atoms with Crippen molar-refractivity contribution in [3.8, 4) is 5.75 Å². The van der Waals surface area contributed by atoms with Gasteiger partial charge in [0.15, 0.2) is 0 Å². The minimum atomic E-state index is -4.30. The van der Waals surface area contributed by atoms with E-state index in [-0.39, 0.29) is 24.8 Å². The summed E-state index contributed by atoms with van der Waals surface area (Å²) in [5.41, 5.74) is 8.16. The van der Waals surface area contributed by atoms with Gasteiger partial charge in [0.05, 0.1) is 7.11 Å². The summed E-state index contributed by atoms with van der Waals surface area (Å²) in [4.78, 5) is 28.9. The zero-order valence-corrected chi connectivity index (χ0v) is 23.4. The zero-order valence-electron chi connectivity index (χ0n) is 22.6. The van der Waals surface area contributed by atoms with E-state index in [2.05, 4.69) is 10.0 Å². The maximum absolute atomic E-state index is 14.1. The maximum Gasteiger partial charge on any atom is 0.275 e. The van der Waals surface area contributed by atoms with Crippen molar-refractivity contribution in [1.82, 2.24) is 14.9 Å². The smallest absolute Gasteiger partial charge is 0.275 e. The van der Waals surface area contributed by atoms with Crippen molar-refractivity contribution in [2.45, 2.75) is 37.4 Å². The Labute approximate surface area is 239 Å². The number of nitrogens with two attached hydrogens (primary N) is 2. The van der Waals surface area contributed by atoms with Gasteiger partial charge in [0.1, 0.15) is 23.7 Å². The van der Waals surface area contributed by atoms with Gasteiger partial charge < -0.3 is 20.7 Å². The summed E-state index contributed by atoms with van der Waals surface area (Å²) in [5.74, 6) is -1.26. The number of amides is 2. The Bertz CT molecular complexity index is 1460. The summed E-state index contributed by atoms with van der Waals surface area (Å²) in [6.07, 6.45) is 0.991. The van der Waals surface area contributed by atoms with Crippen molar-refractivity contribution in [3.05, 3.63) is 101 Å². The first-order valence-electron chi connectivity index (χ1n) is 13.1. The molecule has 7 N–H and O–H groups in total. The fourth-order valence-corrected chi connectivity index (χ4v) is 5.77. The van der Waals surface area contributed by atoms with E-state index in [9.17, 15) is 18.0 Å². The molecule has 4 rings (SSSR count). The number of hydrogen-bond donors (Lipinski definition) is 5. The number of amidine groups is 1. The SMILES string of the molecule is COc1cc(C(=N)N)ccc1CNC(=O)C1CCCN1C(=O)C(NS(N)(=O)=O)C(c1ccccc1)c1ccccc1. The van der Waals surface area contributed by atoms with Gasteiger partial charge in [-0.2, -0.15) is 13.1 Å². The van der Waals surface area contributed by atoms with Gasteiger partial charge in [-0.3, -0.25) is 15.0 Å². The first-order valence-corrected chi connectivity index (χ1v) is 14.6. The molecule has 11 nitrogen and oxygen atoms in total. The normalized spacial score (nSPS) is 15.9. The second kappa shape index (κ2) is 12.9. The molecule has 0 aliphatic carbocycles. The summed E-state index contributed by atoms with van der Waals surface area (Å²) in [7, 11) is -2.81. The van der Waals surface area contributed by atoms with Gasteiger partial charge in [-0.25, -0.2) is 5.14 Å². The van der Waals surface area contributed by atoms with Crippen molar-refractivity contribution in [3.63, 3.8) is 0 Å². The predicted molar refractivity (Wildman–Crippen MR) is 155 cm³/mol. The van der Waals surface area contributed by atoms with E-state index in [1.165, 1.54) is 12.0 Å². The largest absolute Gasteiger partial charge is 0.496 e. The summed E-state index contributed by atoms with van der Waals surface area (Å²) in [6.45, 7) is 0.404. The maximum atomic E-state index is 14.1. The number of carbonyl (C=O) groups is 2. The lowest BCUT2D eigenvalue weighted by Crippen LogP contribution is -2.56. The molecule has 2 unspecified atom stereocenters. The first kappa shape index (κ1) is 29.7. The van der Waals surface area contributed by atoms with E-state index >= 15 is 0 Å². The summed E-state index contributed by atoms with van der Waals surface area (Å²) < 4.78 is 32.4. The predicted octanol–water partition coefficient (Wildman–Crippen LogP) is 1.58. The topological polar surface area (TPSA) is 181 Å². The zero-order chi connectivity index (χ0) is 29.6. The number of hydrogen-bond acceptors (Lipinski definition) is 6. The number of carbonyl (C=O) groups excluding carboxylic acids is 2. The second-order valence-electron chi connectivity index (χ2n) is 9.79. The average molecular weight is 579 g/mol. The molecular weight excluding hydrogens is 544 g/mol. The highest BCUT2D eigenvalue weighted by molar-refractivity contribution is 7.87. The highest BCUT2D eigenvalue weighted by atomic mass is 32.2. The molecule has 2 atom stereocenters. The number of nitrogens with zero attached hydrogens (tertiary/aromatic N) is 1. The second-order valence-corrected chi connectivity index (χ2v) is 11.1. The third kappa shape index (κ3) is 7.28. The molecule has 1 saturated heterocycles. The molecule has 2 amide bonds. The minimum absolute atomic E-state index is 0.106. The molecule has 0 spiro atoms. The molecule has 41 heavy (non-hydrogen) atoms. The van der Waals surface area contributed by atoms with Crippen LogP contribution >= 0.6 is 0 Å². The van der Waals surface area contributed by atoms with Crippen LogP contribution in [0.3, 0.4) is 0 Å². The molecular formula is C29H34N6O5S. The Morgan fingerprint density at radius 3 is 2.20 bits per heavy atom. The molecule has 3 aromatic carbocycles. The molecule has 1 heterocycles. The van der Waals surface area contributed by atoms with E-state index in [4.69, 9.17) is 21.0 Å². The quantitative estimate of drug-likeness (QED) is 0.170. The van der Waals surface area contributed by atoms with E-state index in [1.807, 2.05) is 60.7 Å². The molecule has 1 aliphatic rings. The number of methoxy groups -OCH3 is 1. The Kier molecular flexibility index (Phi) is 9.38. The molecule has 0 saturated carbocycles. The van der Waals surface area contributed by atoms with Gasteiger partial charge in [0, 0.05) is 30.1 Å². The van der Waals surface area contributed by atoms with E-state index < -0.39 is 34.1 Å². The molecule has 1 aliphatic heterocycles. The minimum Gasteiger partial charge on any atom is -0.496 e. The van der Waals surface area contributed by atoms with Gasteiger partial charge in [0.2, 0.25) is 11.8 Å². The van der Waals surface area contributed by atoms with Crippen LogP contribution in [0.1, 0.15) is 41.0 Å². The number of nitrogen functional groups attached to an aromatic ring is 1. The summed E-state index contributed by atoms with van der Waals surface area (Å²) in [6, 6.07) is 21.1. The molecule has 1 fully saturated rings. The molecule has 3 aromatic rings. The van der Waals surface area contributed by atoms with Gasteiger partial charge in [-0.15, -0.1) is 0 Å². The molecule has 0 aromatic heterocycles. The Morgan fingerprint density at radius 1 is 1.05 bits per heavy atom. The van der Waals surface area contributed by atoms with Crippen LogP contribution in [0.2, 0.25) is 0 Å². The Morgan fingerprint density at radius 2 is 1.66 bits per heavy atom. The van der Waals surface area contributed by atoms with Crippen LogP contribution in [0.25, 0.3) is 0 Å². The molecule has 0 bridgehead atoms. The third-order valence-electron chi connectivity index (χ3n) is 7.10. The molecule has 0 radical (unpaired) electrons. The van der Waals surface area contributed by atoms with Crippen LogP contribution in [-0.4, -0.2) is 56.7 Å². The summed E-state index contributed by atoms with van der Waals surface area (Å²) >= 11 is 0. The van der Waals surface area contributed by atoms with Crippen molar-refractivity contribution in [2.75, 3.05) is 13.7 Å². The Balaban J connectivity index is 1.60. The van der Waals surface area contributed by atoms with E-state index in [0.717, 1.165) is 11.1 Å². The van der Waals surface area contributed by atoms with Crippen molar-refractivity contribution in [2.24, 2.45) is 10.9 Å². The van der Waals surface area contributed by atoms with Crippen LogP contribution in [0.4, 0.5) is 0 Å². The number of likely N-dealkylation sites (tertiary alicyclic amines) is 1. The van der Waals surface area contributed by atoms with E-state index in [1.54, 1.807) is 18.2 Å². The van der Waals surface area contributed by atoms with Gasteiger partial charge in [-0.05, 0) is 30.0 Å². The molecule has 216 valence electrons. The highest BCUT2D eigenvalue weighted by Gasteiger charge is 2.42. The van der Waals surface area contributed by atoms with Gasteiger partial charge in [0.25, 0.3) is 10.2 Å². The lowest BCUT2D eigenvalue weighted by Gasteiger charge is -2.33. The lowest BCUT2D eigenvalue weighted by molar-refractivity contribution is -0.140. The van der Waals surface area contributed by atoms with Gasteiger partial charge in [-0.1, -0.05) is 72.8 Å². The lowest BCUT2D eigenvalue weighted by atomic mass is 9.84. The van der Waals surface area contributed by atoms with Crippen molar-refractivity contribution >= 4 is 27.9 Å². The monoisotopic (exact) mass is 578 g/mol. The average Bonchev–Trinajstić information content (AvgIpc) is 3.46. The number of benzene rings is 3. The van der Waals surface area contributed by atoms with Crippen molar-refractivity contribution in [1.29, 1.82) is 5.41 Å². The number of ether oxygens (including phenoxy) is 1. The summed E-state index contributed by atoms with van der Waals surface area (Å²) in [5, 5.41) is 15.9. The van der Waals surface area contributed by atoms with Gasteiger partial charge >= 0.3 is 0 Å². The third-order valence-corrected chi connectivity index (χ3v) is 7.68. The Hall–Kier alpha value is -4.26. The molecule has 12 heteroatoms. The number of rotatable bonds is 11. The first-order chi connectivity index (χ1) is 19.6. The standard InChI is InChI=1S/C29H34N6O5S/c1-40-24-17-21(27(30)31)14-15-22(24)18-33-28(36)23-13-8-16-35(23)29(37)26(34-41(32,38)39)25(19-9-4-2-5-10-19)20-11-6-3-7-12-20/h2-7,9-12,14-15,17,23,25-26,34H,8,13,16,18H2,1H3,(H3,30,31)(H,33,36)(H2,32,38,39).